The summed E-state index contributed by atoms with van der Waals surface area (Å²) in [5, 5.41) is 11.8. The van der Waals surface area contributed by atoms with E-state index in [0.717, 1.165) is 46.1 Å². The van der Waals surface area contributed by atoms with Gasteiger partial charge in [0.2, 0.25) is 0 Å². The molecule has 6 nitrogen and oxygen atoms in total. The molecule has 1 saturated carbocycles. The van der Waals surface area contributed by atoms with Crippen molar-refractivity contribution in [3.63, 3.8) is 0 Å². The second-order valence-electron chi connectivity index (χ2n) is 10.1. The molecular weight excluding hydrogens is 474 g/mol. The van der Waals surface area contributed by atoms with Crippen LogP contribution in [0.15, 0.2) is 84.9 Å². The Bertz CT molecular complexity index is 1660. The molecule has 6 heteroatoms. The molecule has 5 aromatic rings. The van der Waals surface area contributed by atoms with Gasteiger partial charge in [-0.25, -0.2) is 9.78 Å². The van der Waals surface area contributed by atoms with Gasteiger partial charge in [-0.1, -0.05) is 67.4 Å². The molecule has 0 aliphatic heterocycles. The molecule has 1 amide bonds. The number of fused-ring (bicyclic) bond motifs is 2. The van der Waals surface area contributed by atoms with Gasteiger partial charge in [-0.2, -0.15) is 0 Å². The van der Waals surface area contributed by atoms with E-state index in [1.165, 1.54) is 12.8 Å². The molecular formula is C32H29N3O3. The van der Waals surface area contributed by atoms with Gasteiger partial charge in [0.05, 0.1) is 16.6 Å². The zero-order valence-corrected chi connectivity index (χ0v) is 21.3. The lowest BCUT2D eigenvalue weighted by atomic mass is 10.0. The van der Waals surface area contributed by atoms with E-state index in [-0.39, 0.29) is 11.5 Å². The summed E-state index contributed by atoms with van der Waals surface area (Å²) >= 11 is 0. The first kappa shape index (κ1) is 23.9. The normalized spacial score (nSPS) is 13.8. The topological polar surface area (TPSA) is 75.4 Å². The van der Waals surface area contributed by atoms with E-state index in [1.54, 1.807) is 17.0 Å². The van der Waals surface area contributed by atoms with Gasteiger partial charge in [0, 0.05) is 30.8 Å². The number of carbonyl (C=O) groups is 2. The van der Waals surface area contributed by atoms with Gasteiger partial charge < -0.3 is 14.6 Å². The molecule has 1 fully saturated rings. The molecule has 6 rings (SSSR count). The predicted molar refractivity (Wildman–Crippen MR) is 149 cm³/mol. The monoisotopic (exact) mass is 503 g/mol. The van der Waals surface area contributed by atoms with Crippen LogP contribution in [0.4, 0.5) is 0 Å². The lowest BCUT2D eigenvalue weighted by Crippen LogP contribution is -2.26. The number of carbonyl (C=O) groups excluding carboxylic acids is 1. The number of nitrogens with zero attached hydrogens (tertiary/aromatic N) is 3. The van der Waals surface area contributed by atoms with Gasteiger partial charge in [-0.15, -0.1) is 0 Å². The zero-order valence-electron chi connectivity index (χ0n) is 21.3. The Balaban J connectivity index is 1.30. The Morgan fingerprint density at radius 1 is 0.921 bits per heavy atom. The maximum Gasteiger partial charge on any atom is 0.335 e. The SMILES string of the molecule is CN(Cc1cccc2ccccc12)C(=O)c1ccc(-c2nc3cc(C(=O)O)ccc3n2C2CCCC2)cc1. The predicted octanol–water partition coefficient (Wildman–Crippen LogP) is 6.94. The largest absolute Gasteiger partial charge is 0.478 e. The van der Waals surface area contributed by atoms with Crippen LogP contribution in [0.25, 0.3) is 33.2 Å². The fourth-order valence-corrected chi connectivity index (χ4v) is 5.71. The van der Waals surface area contributed by atoms with Crippen LogP contribution in [-0.4, -0.2) is 38.5 Å². The summed E-state index contributed by atoms with van der Waals surface area (Å²) in [5.41, 5.74) is 4.51. The smallest absolute Gasteiger partial charge is 0.335 e. The van der Waals surface area contributed by atoms with Crippen LogP contribution in [0.2, 0.25) is 0 Å². The highest BCUT2D eigenvalue weighted by Gasteiger charge is 2.24. The molecule has 38 heavy (non-hydrogen) atoms. The minimum Gasteiger partial charge on any atom is -0.478 e. The van der Waals surface area contributed by atoms with Crippen LogP contribution in [0.5, 0.6) is 0 Å². The molecule has 1 aliphatic rings. The third kappa shape index (κ3) is 4.32. The number of carboxylic acids is 1. The van der Waals surface area contributed by atoms with E-state index in [1.807, 2.05) is 55.6 Å². The van der Waals surface area contributed by atoms with E-state index in [9.17, 15) is 14.7 Å². The third-order valence-corrected chi connectivity index (χ3v) is 7.65. The Labute approximate surface area is 221 Å². The molecule has 4 aromatic carbocycles. The van der Waals surface area contributed by atoms with Gasteiger partial charge >= 0.3 is 5.97 Å². The van der Waals surface area contributed by atoms with Crippen molar-refractivity contribution in [1.82, 2.24) is 14.5 Å². The third-order valence-electron chi connectivity index (χ3n) is 7.65. The van der Waals surface area contributed by atoms with Gasteiger partial charge in [0.1, 0.15) is 5.82 Å². The second kappa shape index (κ2) is 9.78. The number of carboxylic acid groups (broad SMARTS) is 1. The highest BCUT2D eigenvalue weighted by molar-refractivity contribution is 5.96. The molecule has 190 valence electrons. The zero-order chi connectivity index (χ0) is 26.2. The quantitative estimate of drug-likeness (QED) is 0.272. The summed E-state index contributed by atoms with van der Waals surface area (Å²) < 4.78 is 2.26. The fourth-order valence-electron chi connectivity index (χ4n) is 5.71. The van der Waals surface area contributed by atoms with Crippen LogP contribution < -0.4 is 0 Å². The fraction of sp³-hybridized carbons (Fsp3) is 0.219. The van der Waals surface area contributed by atoms with Gasteiger partial charge in [-0.3, -0.25) is 4.79 Å². The first-order valence-electron chi connectivity index (χ1n) is 13.1. The molecule has 1 N–H and O–H groups in total. The molecule has 0 unspecified atom stereocenters. The number of hydrogen-bond acceptors (Lipinski definition) is 3. The molecule has 1 aromatic heterocycles. The Morgan fingerprint density at radius 2 is 1.63 bits per heavy atom. The van der Waals surface area contributed by atoms with E-state index in [4.69, 9.17) is 4.98 Å². The van der Waals surface area contributed by atoms with Gasteiger partial charge in [-0.05, 0) is 59.5 Å². The number of imidazole rings is 1. The summed E-state index contributed by atoms with van der Waals surface area (Å²) in [6.07, 6.45) is 4.50. The Kier molecular flexibility index (Phi) is 6.16. The molecule has 1 heterocycles. The van der Waals surface area contributed by atoms with Crippen molar-refractivity contribution < 1.29 is 14.7 Å². The first-order valence-corrected chi connectivity index (χ1v) is 13.1. The molecule has 0 atom stereocenters. The summed E-state index contributed by atoms with van der Waals surface area (Å²) in [4.78, 5) is 31.4. The van der Waals surface area contributed by atoms with Crippen molar-refractivity contribution in [3.8, 4) is 11.4 Å². The first-order chi connectivity index (χ1) is 18.5. The average molecular weight is 504 g/mol. The van der Waals surface area contributed by atoms with Crippen molar-refractivity contribution in [2.45, 2.75) is 38.3 Å². The number of aromatic nitrogens is 2. The standard InChI is InChI=1S/C32H29N3O3/c1-34(20-25-9-6-8-21-7-2-5-12-27(21)25)31(36)23-15-13-22(14-16-23)30-33-28-19-24(32(37)38)17-18-29(28)35(30)26-10-3-4-11-26/h2,5-9,12-19,26H,3-4,10-11,20H2,1H3,(H,37,38). The van der Waals surface area contributed by atoms with Crippen LogP contribution in [-0.2, 0) is 6.54 Å². The van der Waals surface area contributed by atoms with Crippen molar-refractivity contribution in [2.75, 3.05) is 7.05 Å². The van der Waals surface area contributed by atoms with E-state index < -0.39 is 5.97 Å². The van der Waals surface area contributed by atoms with Gasteiger partial charge in [0.25, 0.3) is 5.91 Å². The van der Waals surface area contributed by atoms with Gasteiger partial charge in [0.15, 0.2) is 0 Å². The minimum absolute atomic E-state index is 0.0418. The second-order valence-corrected chi connectivity index (χ2v) is 10.1. The lowest BCUT2D eigenvalue weighted by molar-refractivity contribution is 0.0696. The van der Waals surface area contributed by atoms with E-state index in [0.29, 0.717) is 23.7 Å². The van der Waals surface area contributed by atoms with Crippen molar-refractivity contribution in [1.29, 1.82) is 0 Å². The summed E-state index contributed by atoms with van der Waals surface area (Å²) in [7, 11) is 1.83. The summed E-state index contributed by atoms with van der Waals surface area (Å²) in [5.74, 6) is -0.184. The maximum absolute atomic E-state index is 13.3. The van der Waals surface area contributed by atoms with Crippen LogP contribution >= 0.6 is 0 Å². The molecule has 0 bridgehead atoms. The minimum atomic E-state index is -0.959. The number of rotatable bonds is 6. The van der Waals surface area contributed by atoms with E-state index in [2.05, 4.69) is 28.8 Å². The summed E-state index contributed by atoms with van der Waals surface area (Å²) in [6, 6.07) is 27.5. The van der Waals surface area contributed by atoms with Crippen LogP contribution in [0, 0.1) is 0 Å². The van der Waals surface area contributed by atoms with Crippen molar-refractivity contribution in [3.05, 3.63) is 102 Å². The number of hydrogen-bond donors (Lipinski definition) is 1. The number of benzene rings is 4. The van der Waals surface area contributed by atoms with Crippen molar-refractivity contribution >= 4 is 33.7 Å². The molecule has 0 radical (unpaired) electrons. The molecule has 1 aliphatic carbocycles. The molecule has 0 spiro atoms. The lowest BCUT2D eigenvalue weighted by Gasteiger charge is -2.19. The highest BCUT2D eigenvalue weighted by Crippen LogP contribution is 2.37. The maximum atomic E-state index is 13.3. The Morgan fingerprint density at radius 3 is 2.39 bits per heavy atom. The Hall–Kier alpha value is -4.45. The van der Waals surface area contributed by atoms with Crippen molar-refractivity contribution in [2.24, 2.45) is 0 Å². The highest BCUT2D eigenvalue weighted by atomic mass is 16.4. The van der Waals surface area contributed by atoms with Crippen LogP contribution in [0.1, 0.15) is 58.0 Å². The average Bonchev–Trinajstić information content (AvgIpc) is 3.60. The molecule has 0 saturated heterocycles. The number of amides is 1. The summed E-state index contributed by atoms with van der Waals surface area (Å²) in [6.45, 7) is 0.519. The number of aromatic carboxylic acids is 1. The van der Waals surface area contributed by atoms with E-state index >= 15 is 0 Å². The van der Waals surface area contributed by atoms with Crippen LogP contribution in [0.3, 0.4) is 0 Å².